The van der Waals surface area contributed by atoms with Crippen LogP contribution in [0.4, 0.5) is 0 Å². The van der Waals surface area contributed by atoms with E-state index in [4.69, 9.17) is 0 Å². The molecule has 17 heavy (non-hydrogen) atoms. The largest absolute Gasteiger partial charge is 0.336 e. The van der Waals surface area contributed by atoms with E-state index < -0.39 is 0 Å². The lowest BCUT2D eigenvalue weighted by molar-refractivity contribution is 0.0699. The summed E-state index contributed by atoms with van der Waals surface area (Å²) in [6.07, 6.45) is 0.975. The van der Waals surface area contributed by atoms with Gasteiger partial charge < -0.3 is 4.90 Å². The van der Waals surface area contributed by atoms with Gasteiger partial charge in [-0.05, 0) is 60.8 Å². The Morgan fingerprint density at radius 2 is 2.06 bits per heavy atom. The number of hydrogen-bond acceptors (Lipinski definition) is 1. The van der Waals surface area contributed by atoms with Crippen LogP contribution in [-0.2, 0) is 0 Å². The Kier molecular flexibility index (Phi) is 5.19. The highest BCUT2D eigenvalue weighted by molar-refractivity contribution is 9.10. The zero-order chi connectivity index (χ0) is 13.0. The molecule has 2 nitrogen and oxygen atoms in total. The van der Waals surface area contributed by atoms with E-state index in [-0.39, 0.29) is 11.9 Å². The van der Waals surface area contributed by atoms with Gasteiger partial charge in [-0.2, -0.15) is 0 Å². The van der Waals surface area contributed by atoms with Crippen molar-refractivity contribution in [3.63, 3.8) is 0 Å². The Balaban J connectivity index is 3.02. The van der Waals surface area contributed by atoms with Gasteiger partial charge in [-0.25, -0.2) is 0 Å². The van der Waals surface area contributed by atoms with Gasteiger partial charge in [-0.1, -0.05) is 13.0 Å². The van der Waals surface area contributed by atoms with E-state index in [0.717, 1.165) is 28.6 Å². The lowest BCUT2D eigenvalue weighted by Gasteiger charge is -2.27. The van der Waals surface area contributed by atoms with Gasteiger partial charge in [0.15, 0.2) is 0 Å². The van der Waals surface area contributed by atoms with Crippen molar-refractivity contribution in [1.29, 1.82) is 0 Å². The minimum atomic E-state index is 0.105. The van der Waals surface area contributed by atoms with Gasteiger partial charge in [0.05, 0.1) is 5.56 Å². The van der Waals surface area contributed by atoms with Crippen LogP contribution in [-0.4, -0.2) is 23.4 Å². The number of carbonyl (C=O) groups is 1. The number of nitrogens with zero attached hydrogens (tertiary/aromatic N) is 1. The van der Waals surface area contributed by atoms with Crippen molar-refractivity contribution in [1.82, 2.24) is 4.90 Å². The Morgan fingerprint density at radius 1 is 1.41 bits per heavy atom. The second-order valence-electron chi connectivity index (χ2n) is 4.33. The van der Waals surface area contributed by atoms with Crippen molar-refractivity contribution in [3.05, 3.63) is 33.8 Å². The van der Waals surface area contributed by atoms with Crippen molar-refractivity contribution in [2.24, 2.45) is 0 Å². The minimum absolute atomic E-state index is 0.105. The van der Waals surface area contributed by atoms with Gasteiger partial charge in [0.25, 0.3) is 5.91 Å². The molecular formula is C14H20BrNO. The summed E-state index contributed by atoms with van der Waals surface area (Å²) >= 11 is 3.47. The Morgan fingerprint density at radius 3 is 2.53 bits per heavy atom. The lowest BCUT2D eigenvalue weighted by Crippen LogP contribution is -2.38. The molecule has 0 N–H and O–H groups in total. The summed E-state index contributed by atoms with van der Waals surface area (Å²) in [5.74, 6) is 0.105. The normalized spacial score (nSPS) is 12.3. The van der Waals surface area contributed by atoms with E-state index in [9.17, 15) is 4.79 Å². The quantitative estimate of drug-likeness (QED) is 0.822. The number of hydrogen-bond donors (Lipinski definition) is 0. The summed E-state index contributed by atoms with van der Waals surface area (Å²) in [7, 11) is 0. The predicted octanol–water partition coefficient (Wildman–Crippen LogP) is 4.02. The molecule has 0 saturated carbocycles. The molecular weight excluding hydrogens is 278 g/mol. The molecule has 0 aliphatic heterocycles. The average Bonchev–Trinajstić information content (AvgIpc) is 2.29. The van der Waals surface area contributed by atoms with Gasteiger partial charge in [0.2, 0.25) is 0 Å². The molecule has 0 saturated heterocycles. The van der Waals surface area contributed by atoms with Gasteiger partial charge in [0, 0.05) is 17.1 Å². The molecule has 0 radical (unpaired) electrons. The second kappa shape index (κ2) is 6.20. The van der Waals surface area contributed by atoms with Crippen LogP contribution in [0.25, 0.3) is 0 Å². The zero-order valence-corrected chi connectivity index (χ0v) is 12.5. The predicted molar refractivity (Wildman–Crippen MR) is 75.3 cm³/mol. The van der Waals surface area contributed by atoms with Crippen molar-refractivity contribution in [2.75, 3.05) is 6.54 Å². The number of aryl methyl sites for hydroxylation is 1. The van der Waals surface area contributed by atoms with E-state index >= 15 is 0 Å². The molecule has 3 heteroatoms. The summed E-state index contributed by atoms with van der Waals surface area (Å²) in [6, 6.07) is 6.13. The summed E-state index contributed by atoms with van der Waals surface area (Å²) in [5, 5.41) is 0. The van der Waals surface area contributed by atoms with Crippen molar-refractivity contribution < 1.29 is 4.79 Å². The molecule has 0 bridgehead atoms. The SMILES string of the molecule is CCC(C)N(CC)C(=O)c1ccc(C)cc1Br. The van der Waals surface area contributed by atoms with Gasteiger partial charge in [-0.3, -0.25) is 4.79 Å². The van der Waals surface area contributed by atoms with Gasteiger partial charge in [0.1, 0.15) is 0 Å². The lowest BCUT2D eigenvalue weighted by atomic mass is 10.1. The number of halogens is 1. The molecule has 0 heterocycles. The van der Waals surface area contributed by atoms with Crippen LogP contribution < -0.4 is 0 Å². The van der Waals surface area contributed by atoms with Crippen molar-refractivity contribution >= 4 is 21.8 Å². The molecule has 1 amide bonds. The minimum Gasteiger partial charge on any atom is -0.336 e. The molecule has 0 spiro atoms. The van der Waals surface area contributed by atoms with Gasteiger partial charge >= 0.3 is 0 Å². The highest BCUT2D eigenvalue weighted by Crippen LogP contribution is 2.21. The molecule has 1 atom stereocenters. The fraction of sp³-hybridized carbons (Fsp3) is 0.500. The first-order chi connectivity index (χ1) is 8.01. The van der Waals surface area contributed by atoms with Crippen molar-refractivity contribution in [3.8, 4) is 0 Å². The first-order valence-corrected chi connectivity index (χ1v) is 6.87. The van der Waals surface area contributed by atoms with E-state index in [1.807, 2.05) is 36.9 Å². The van der Waals surface area contributed by atoms with Crippen LogP contribution in [0.1, 0.15) is 43.1 Å². The first-order valence-electron chi connectivity index (χ1n) is 6.08. The van der Waals surface area contributed by atoms with E-state index in [1.54, 1.807) is 0 Å². The maximum atomic E-state index is 12.4. The van der Waals surface area contributed by atoms with Crippen LogP contribution >= 0.6 is 15.9 Å². The smallest absolute Gasteiger partial charge is 0.255 e. The van der Waals surface area contributed by atoms with Crippen LogP contribution in [0, 0.1) is 6.92 Å². The third-order valence-electron chi connectivity index (χ3n) is 3.08. The number of rotatable bonds is 4. The van der Waals surface area contributed by atoms with Crippen LogP contribution in [0.15, 0.2) is 22.7 Å². The highest BCUT2D eigenvalue weighted by Gasteiger charge is 2.20. The topological polar surface area (TPSA) is 20.3 Å². The molecule has 1 aromatic carbocycles. The molecule has 94 valence electrons. The Hall–Kier alpha value is -0.830. The van der Waals surface area contributed by atoms with Gasteiger partial charge in [-0.15, -0.1) is 0 Å². The number of carbonyl (C=O) groups excluding carboxylic acids is 1. The zero-order valence-electron chi connectivity index (χ0n) is 11.0. The fourth-order valence-electron chi connectivity index (χ4n) is 1.82. The maximum absolute atomic E-state index is 12.4. The Labute approximate surface area is 112 Å². The van der Waals surface area contributed by atoms with E-state index in [1.165, 1.54) is 0 Å². The summed E-state index contributed by atoms with van der Waals surface area (Å²) in [4.78, 5) is 14.3. The molecule has 1 unspecified atom stereocenters. The van der Waals surface area contributed by atoms with E-state index in [0.29, 0.717) is 0 Å². The summed E-state index contributed by atoms with van der Waals surface area (Å²) < 4.78 is 0.879. The third-order valence-corrected chi connectivity index (χ3v) is 3.74. The molecule has 0 aliphatic rings. The number of amides is 1. The third kappa shape index (κ3) is 3.32. The summed E-state index contributed by atoms with van der Waals surface area (Å²) in [5.41, 5.74) is 1.90. The molecule has 0 fully saturated rings. The molecule has 1 rings (SSSR count). The monoisotopic (exact) mass is 297 g/mol. The molecule has 1 aromatic rings. The fourth-order valence-corrected chi connectivity index (χ4v) is 2.49. The maximum Gasteiger partial charge on any atom is 0.255 e. The van der Waals surface area contributed by atoms with Crippen LogP contribution in [0.5, 0.6) is 0 Å². The van der Waals surface area contributed by atoms with E-state index in [2.05, 4.69) is 29.8 Å². The Bertz CT molecular complexity index is 403. The van der Waals surface area contributed by atoms with Crippen LogP contribution in [0.3, 0.4) is 0 Å². The number of benzene rings is 1. The second-order valence-corrected chi connectivity index (χ2v) is 5.19. The standard InChI is InChI=1S/C14H20BrNO/c1-5-11(4)16(6-2)14(17)12-8-7-10(3)9-13(12)15/h7-9,11H,5-6H2,1-4H3. The van der Waals surface area contributed by atoms with Crippen molar-refractivity contribution in [2.45, 2.75) is 40.2 Å². The first kappa shape index (κ1) is 14.2. The highest BCUT2D eigenvalue weighted by atomic mass is 79.9. The average molecular weight is 298 g/mol. The molecule has 0 aliphatic carbocycles. The summed E-state index contributed by atoms with van der Waals surface area (Å²) in [6.45, 7) is 8.97. The molecule has 0 aromatic heterocycles. The van der Waals surface area contributed by atoms with Crippen LogP contribution in [0.2, 0.25) is 0 Å².